The number of aromatic nitrogens is 1. The van der Waals surface area contributed by atoms with Gasteiger partial charge in [-0.3, -0.25) is 14.5 Å². The molecule has 2 rings (SSSR count). The number of rotatable bonds is 2. The molecule has 4 nitrogen and oxygen atoms in total. The van der Waals surface area contributed by atoms with Crippen LogP contribution in [0.4, 0.5) is 0 Å². The van der Waals surface area contributed by atoms with E-state index in [-0.39, 0.29) is 23.8 Å². The van der Waals surface area contributed by atoms with Gasteiger partial charge in [-0.2, -0.15) is 0 Å². The lowest BCUT2D eigenvalue weighted by molar-refractivity contribution is -0.153. The molecule has 1 aromatic heterocycles. The van der Waals surface area contributed by atoms with Crippen LogP contribution >= 0.6 is 11.6 Å². The number of halogens is 1. The van der Waals surface area contributed by atoms with Crippen molar-refractivity contribution in [3.05, 3.63) is 29.0 Å². The molecule has 1 aliphatic heterocycles. The third-order valence-electron chi connectivity index (χ3n) is 3.03. The van der Waals surface area contributed by atoms with Crippen LogP contribution in [-0.4, -0.2) is 21.7 Å². The number of likely N-dealkylation sites (tertiary alicyclic amines) is 1. The lowest BCUT2D eigenvalue weighted by atomic mass is 9.81. The molecule has 18 heavy (non-hydrogen) atoms. The second-order valence-corrected chi connectivity index (χ2v) is 5.70. The SMILES string of the molecule is CC1(C)CC(=O)N(Cc2cccnc2Cl)C(=O)C1. The lowest BCUT2D eigenvalue weighted by Gasteiger charge is -2.34. The van der Waals surface area contributed by atoms with Crippen molar-refractivity contribution in [2.24, 2.45) is 5.41 Å². The topological polar surface area (TPSA) is 50.3 Å². The maximum atomic E-state index is 12.0. The van der Waals surface area contributed by atoms with Crippen LogP contribution in [0.15, 0.2) is 18.3 Å². The molecule has 1 aliphatic rings. The molecule has 2 heterocycles. The van der Waals surface area contributed by atoms with Crippen LogP contribution in [0.5, 0.6) is 0 Å². The molecular formula is C13H15ClN2O2. The highest BCUT2D eigenvalue weighted by Crippen LogP contribution is 2.32. The van der Waals surface area contributed by atoms with Gasteiger partial charge in [-0.05, 0) is 11.5 Å². The van der Waals surface area contributed by atoms with Crippen molar-refractivity contribution < 1.29 is 9.59 Å². The minimum Gasteiger partial charge on any atom is -0.278 e. The Morgan fingerprint density at radius 3 is 2.50 bits per heavy atom. The smallest absolute Gasteiger partial charge is 0.230 e. The number of carbonyl (C=O) groups is 2. The van der Waals surface area contributed by atoms with Gasteiger partial charge in [-0.1, -0.05) is 31.5 Å². The maximum Gasteiger partial charge on any atom is 0.230 e. The zero-order valence-corrected chi connectivity index (χ0v) is 11.2. The molecule has 2 amide bonds. The highest BCUT2D eigenvalue weighted by atomic mass is 35.5. The maximum absolute atomic E-state index is 12.0. The molecule has 1 saturated heterocycles. The van der Waals surface area contributed by atoms with Gasteiger partial charge in [0, 0.05) is 24.6 Å². The van der Waals surface area contributed by atoms with Crippen LogP contribution in [0.1, 0.15) is 32.3 Å². The number of pyridine rings is 1. The Morgan fingerprint density at radius 2 is 1.94 bits per heavy atom. The number of hydrogen-bond donors (Lipinski definition) is 0. The zero-order valence-electron chi connectivity index (χ0n) is 10.4. The van der Waals surface area contributed by atoms with Gasteiger partial charge in [0.15, 0.2) is 0 Å². The van der Waals surface area contributed by atoms with Gasteiger partial charge < -0.3 is 0 Å². The second kappa shape index (κ2) is 4.69. The number of nitrogens with zero attached hydrogens (tertiary/aromatic N) is 2. The van der Waals surface area contributed by atoms with Gasteiger partial charge in [0.05, 0.1) is 6.54 Å². The second-order valence-electron chi connectivity index (χ2n) is 5.34. The Bertz CT molecular complexity index is 480. The van der Waals surface area contributed by atoms with E-state index in [1.807, 2.05) is 13.8 Å². The van der Waals surface area contributed by atoms with Crippen LogP contribution in [0, 0.1) is 5.41 Å². The van der Waals surface area contributed by atoms with Gasteiger partial charge in [0.25, 0.3) is 0 Å². The molecule has 0 unspecified atom stereocenters. The first-order valence-corrected chi connectivity index (χ1v) is 6.19. The predicted molar refractivity (Wildman–Crippen MR) is 67.8 cm³/mol. The average Bonchev–Trinajstić information content (AvgIpc) is 2.24. The van der Waals surface area contributed by atoms with E-state index in [0.29, 0.717) is 23.6 Å². The van der Waals surface area contributed by atoms with Crippen LogP contribution in [0.25, 0.3) is 0 Å². The summed E-state index contributed by atoms with van der Waals surface area (Å²) in [5, 5.41) is 0.336. The van der Waals surface area contributed by atoms with Gasteiger partial charge >= 0.3 is 0 Å². The highest BCUT2D eigenvalue weighted by Gasteiger charge is 2.37. The Morgan fingerprint density at radius 1 is 1.33 bits per heavy atom. The number of imide groups is 1. The summed E-state index contributed by atoms with van der Waals surface area (Å²) in [6, 6.07) is 3.51. The Balaban J connectivity index is 2.18. The Hall–Kier alpha value is -1.42. The summed E-state index contributed by atoms with van der Waals surface area (Å²) in [5.41, 5.74) is 0.448. The van der Waals surface area contributed by atoms with Crippen molar-refractivity contribution in [1.29, 1.82) is 0 Å². The Kier molecular flexibility index (Phi) is 3.39. The first-order valence-electron chi connectivity index (χ1n) is 5.82. The van der Waals surface area contributed by atoms with Gasteiger partial charge in [-0.25, -0.2) is 4.98 Å². The molecular weight excluding hydrogens is 252 g/mol. The summed E-state index contributed by atoms with van der Waals surface area (Å²) in [7, 11) is 0. The largest absolute Gasteiger partial charge is 0.278 e. The molecule has 0 N–H and O–H groups in total. The molecule has 0 bridgehead atoms. The van der Waals surface area contributed by atoms with Crippen molar-refractivity contribution in [2.45, 2.75) is 33.2 Å². The predicted octanol–water partition coefficient (Wildman–Crippen LogP) is 2.41. The van der Waals surface area contributed by atoms with Crippen LogP contribution in [0.2, 0.25) is 5.15 Å². The van der Waals surface area contributed by atoms with E-state index < -0.39 is 0 Å². The molecule has 0 atom stereocenters. The number of piperidine rings is 1. The first-order chi connectivity index (χ1) is 8.39. The number of carbonyl (C=O) groups excluding carboxylic acids is 2. The molecule has 0 saturated carbocycles. The van der Waals surface area contributed by atoms with Crippen LogP contribution in [-0.2, 0) is 16.1 Å². The van der Waals surface area contributed by atoms with Crippen molar-refractivity contribution in [2.75, 3.05) is 0 Å². The summed E-state index contributed by atoms with van der Waals surface area (Å²) in [4.78, 5) is 29.2. The van der Waals surface area contributed by atoms with E-state index in [2.05, 4.69) is 4.98 Å². The fourth-order valence-corrected chi connectivity index (χ4v) is 2.27. The lowest BCUT2D eigenvalue weighted by Crippen LogP contribution is -2.45. The van der Waals surface area contributed by atoms with Crippen molar-refractivity contribution in [3.63, 3.8) is 0 Å². The van der Waals surface area contributed by atoms with E-state index >= 15 is 0 Å². The molecule has 96 valence electrons. The quantitative estimate of drug-likeness (QED) is 0.610. The van der Waals surface area contributed by atoms with Gasteiger partial charge in [0.2, 0.25) is 11.8 Å². The van der Waals surface area contributed by atoms with E-state index in [4.69, 9.17) is 11.6 Å². The Labute approximate surface area is 111 Å². The zero-order chi connectivity index (χ0) is 13.3. The standard InChI is InChI=1S/C13H15ClN2O2/c1-13(2)6-10(17)16(11(18)7-13)8-9-4-3-5-15-12(9)14/h3-5H,6-8H2,1-2H3. The van der Waals surface area contributed by atoms with E-state index in [1.165, 1.54) is 4.90 Å². The highest BCUT2D eigenvalue weighted by molar-refractivity contribution is 6.30. The average molecular weight is 267 g/mol. The van der Waals surface area contributed by atoms with Crippen molar-refractivity contribution in [1.82, 2.24) is 9.88 Å². The summed E-state index contributed by atoms with van der Waals surface area (Å²) in [6.07, 6.45) is 2.35. The molecule has 0 radical (unpaired) electrons. The minimum atomic E-state index is -0.247. The third-order valence-corrected chi connectivity index (χ3v) is 3.37. The van der Waals surface area contributed by atoms with Crippen molar-refractivity contribution >= 4 is 23.4 Å². The van der Waals surface area contributed by atoms with Crippen LogP contribution in [0.3, 0.4) is 0 Å². The summed E-state index contributed by atoms with van der Waals surface area (Å²) < 4.78 is 0. The number of hydrogen-bond acceptors (Lipinski definition) is 3. The summed E-state index contributed by atoms with van der Waals surface area (Å²) in [5.74, 6) is -0.285. The van der Waals surface area contributed by atoms with Crippen LogP contribution < -0.4 is 0 Å². The van der Waals surface area contributed by atoms with E-state index in [1.54, 1.807) is 18.3 Å². The van der Waals surface area contributed by atoms with E-state index in [9.17, 15) is 9.59 Å². The molecule has 0 spiro atoms. The molecule has 1 fully saturated rings. The minimum absolute atomic E-state index is 0.142. The van der Waals surface area contributed by atoms with E-state index in [0.717, 1.165) is 0 Å². The molecule has 0 aromatic carbocycles. The third kappa shape index (κ3) is 2.70. The monoisotopic (exact) mass is 266 g/mol. The fourth-order valence-electron chi connectivity index (χ4n) is 2.10. The molecule has 1 aromatic rings. The molecule has 0 aliphatic carbocycles. The normalized spacial score (nSPS) is 19.2. The summed E-state index contributed by atoms with van der Waals surface area (Å²) >= 11 is 5.93. The van der Waals surface area contributed by atoms with Gasteiger partial charge in [-0.15, -0.1) is 0 Å². The number of amides is 2. The fraction of sp³-hybridized carbons (Fsp3) is 0.462. The van der Waals surface area contributed by atoms with Gasteiger partial charge in [0.1, 0.15) is 5.15 Å². The first kappa shape index (κ1) is 13.0. The summed E-state index contributed by atoms with van der Waals surface area (Å²) in [6.45, 7) is 4.06. The van der Waals surface area contributed by atoms with Crippen molar-refractivity contribution in [3.8, 4) is 0 Å². The molecule has 5 heteroatoms.